The lowest BCUT2D eigenvalue weighted by atomic mass is 9.85. The molecular weight excluding hydrogens is 684 g/mol. The van der Waals surface area contributed by atoms with Gasteiger partial charge in [0, 0.05) is 42.3 Å². The van der Waals surface area contributed by atoms with E-state index in [9.17, 15) is 14.4 Å². The predicted octanol–water partition coefficient (Wildman–Crippen LogP) is 7.50. The maximum Gasteiger partial charge on any atom is 0.302 e. The van der Waals surface area contributed by atoms with Gasteiger partial charge in [0.1, 0.15) is 18.3 Å². The van der Waals surface area contributed by atoms with Gasteiger partial charge in [-0.1, -0.05) is 26.2 Å². The lowest BCUT2D eigenvalue weighted by molar-refractivity contribution is -0.168. The molecule has 6 rings (SSSR count). The van der Waals surface area contributed by atoms with E-state index in [-0.39, 0.29) is 58.4 Å². The molecule has 0 spiro atoms. The first-order valence-corrected chi connectivity index (χ1v) is 20.5. The van der Waals surface area contributed by atoms with Gasteiger partial charge in [-0.05, 0) is 85.0 Å². The van der Waals surface area contributed by atoms with Crippen LogP contribution in [0.2, 0.25) is 0 Å². The third-order valence-corrected chi connectivity index (χ3v) is 10.6. The van der Waals surface area contributed by atoms with Gasteiger partial charge in [0.15, 0.2) is 0 Å². The fourth-order valence-electron chi connectivity index (χ4n) is 6.92. The summed E-state index contributed by atoms with van der Waals surface area (Å²) < 4.78 is 50.2. The molecule has 0 aromatic heterocycles. The minimum Gasteiger partial charge on any atom is -0.462 e. The molecule has 314 valence electrons. The van der Waals surface area contributed by atoms with E-state index in [4.69, 9.17) is 42.6 Å². The van der Waals surface area contributed by atoms with E-state index < -0.39 is 5.41 Å². The fourth-order valence-corrected chi connectivity index (χ4v) is 6.92. The van der Waals surface area contributed by atoms with Gasteiger partial charge in [0.05, 0.1) is 77.3 Å². The molecule has 53 heavy (non-hydrogen) atoms. The molecule has 3 heterocycles. The Morgan fingerprint density at radius 2 is 0.868 bits per heavy atom. The van der Waals surface area contributed by atoms with Crippen LogP contribution in [0, 0.1) is 17.3 Å². The van der Waals surface area contributed by atoms with Crippen LogP contribution < -0.4 is 0 Å². The van der Waals surface area contributed by atoms with E-state index in [2.05, 4.69) is 27.7 Å². The molecule has 3 saturated heterocycles. The maximum atomic E-state index is 11.7. The third-order valence-electron chi connectivity index (χ3n) is 10.6. The number of hydrogen-bond acceptors (Lipinski definition) is 12. The van der Waals surface area contributed by atoms with Crippen LogP contribution in [0.4, 0.5) is 0 Å². The minimum absolute atomic E-state index is 0. The normalized spacial score (nSPS) is 32.3. The standard InChI is InChI=1S/C32H54O9.3C3H6O.3H2/c1-5-32(22-38-30-16-10-11-17-31(30)41-25(4)35,20-36-18-26-12-6-8-14-28(26)39-23(2)33)21-37-19-27-13-7-9-15-29(27)40-24(3)34;3*1-3-2-4-3;;;/h26-31H,5-22H2,1-4H3;3*3H,2H2,1H3;3*1H. The summed E-state index contributed by atoms with van der Waals surface area (Å²) in [5.74, 6) is -0.388. The van der Waals surface area contributed by atoms with Crippen LogP contribution >= 0.6 is 0 Å². The Balaban J connectivity index is 0.00000170. The molecule has 12 heteroatoms. The van der Waals surface area contributed by atoms with Crippen LogP contribution in [0.25, 0.3) is 0 Å². The maximum absolute atomic E-state index is 11.7. The lowest BCUT2D eigenvalue weighted by Gasteiger charge is -2.38. The highest BCUT2D eigenvalue weighted by atomic mass is 16.6. The van der Waals surface area contributed by atoms with Crippen molar-refractivity contribution in [2.75, 3.05) is 52.9 Å². The molecule has 6 fully saturated rings. The van der Waals surface area contributed by atoms with E-state index in [1.54, 1.807) is 0 Å². The second kappa shape index (κ2) is 24.6. The summed E-state index contributed by atoms with van der Waals surface area (Å²) >= 11 is 0. The van der Waals surface area contributed by atoms with Crippen molar-refractivity contribution in [3.8, 4) is 0 Å². The average Bonchev–Trinajstić information content (AvgIpc) is 4.03. The third kappa shape index (κ3) is 20.6. The van der Waals surface area contributed by atoms with Crippen molar-refractivity contribution in [2.45, 2.75) is 175 Å². The van der Waals surface area contributed by atoms with Crippen molar-refractivity contribution in [3.63, 3.8) is 0 Å². The largest absolute Gasteiger partial charge is 0.462 e. The van der Waals surface area contributed by atoms with Crippen LogP contribution in [0.5, 0.6) is 0 Å². The van der Waals surface area contributed by atoms with Crippen molar-refractivity contribution in [2.24, 2.45) is 17.3 Å². The van der Waals surface area contributed by atoms with Gasteiger partial charge in [-0.3, -0.25) is 14.4 Å². The monoisotopic (exact) mass is 763 g/mol. The molecule has 6 aliphatic rings. The topological polar surface area (TPSA) is 144 Å². The molecule has 0 aromatic carbocycles. The highest BCUT2D eigenvalue weighted by Crippen LogP contribution is 2.33. The number of rotatable bonds is 15. The number of epoxide rings is 3. The second-order valence-corrected chi connectivity index (χ2v) is 16.0. The van der Waals surface area contributed by atoms with E-state index in [0.717, 1.165) is 103 Å². The molecule has 12 nitrogen and oxygen atoms in total. The summed E-state index contributed by atoms with van der Waals surface area (Å²) in [6.45, 7) is 18.0. The number of carbonyl (C=O) groups excluding carboxylic acids is 3. The Morgan fingerprint density at radius 1 is 0.547 bits per heavy atom. The van der Waals surface area contributed by atoms with Crippen molar-refractivity contribution >= 4 is 17.9 Å². The minimum atomic E-state index is -0.393. The van der Waals surface area contributed by atoms with Gasteiger partial charge in [-0.25, -0.2) is 0 Å². The van der Waals surface area contributed by atoms with Gasteiger partial charge < -0.3 is 42.6 Å². The average molecular weight is 763 g/mol. The van der Waals surface area contributed by atoms with Crippen LogP contribution in [0.1, 0.15) is 136 Å². The number of hydrogen-bond donors (Lipinski definition) is 0. The predicted molar refractivity (Wildman–Crippen MR) is 206 cm³/mol. The quantitative estimate of drug-likeness (QED) is 0.0926. The van der Waals surface area contributed by atoms with Crippen molar-refractivity contribution in [1.82, 2.24) is 0 Å². The molecule has 0 aromatic rings. The molecule has 9 unspecified atom stereocenters. The zero-order chi connectivity index (χ0) is 38.6. The summed E-state index contributed by atoms with van der Waals surface area (Å²) in [4.78, 5) is 35.0. The summed E-state index contributed by atoms with van der Waals surface area (Å²) in [5, 5.41) is 0. The van der Waals surface area contributed by atoms with Gasteiger partial charge >= 0.3 is 17.9 Å². The van der Waals surface area contributed by atoms with Crippen LogP contribution in [0.3, 0.4) is 0 Å². The summed E-state index contributed by atoms with van der Waals surface area (Å²) in [6, 6.07) is 0. The summed E-state index contributed by atoms with van der Waals surface area (Å²) in [7, 11) is 0. The Morgan fingerprint density at radius 3 is 1.21 bits per heavy atom. The number of esters is 3. The molecule has 0 radical (unpaired) electrons. The van der Waals surface area contributed by atoms with Gasteiger partial charge in [-0.2, -0.15) is 0 Å². The Hall–Kier alpha value is -1.83. The number of ether oxygens (including phenoxy) is 9. The highest BCUT2D eigenvalue weighted by molar-refractivity contribution is 5.66. The van der Waals surface area contributed by atoms with E-state index in [0.29, 0.717) is 51.3 Å². The van der Waals surface area contributed by atoms with E-state index in [1.165, 1.54) is 20.8 Å². The Bertz CT molecular complexity index is 993. The smallest absolute Gasteiger partial charge is 0.302 e. The zero-order valence-corrected chi connectivity index (χ0v) is 33.9. The van der Waals surface area contributed by atoms with Gasteiger partial charge in [-0.15, -0.1) is 0 Å². The Labute approximate surface area is 323 Å². The van der Waals surface area contributed by atoms with Gasteiger partial charge in [0.25, 0.3) is 0 Å². The molecule has 0 amide bonds. The van der Waals surface area contributed by atoms with Crippen molar-refractivity contribution < 1.29 is 61.3 Å². The summed E-state index contributed by atoms with van der Waals surface area (Å²) in [6.07, 6.45) is 13.8. The first-order valence-electron chi connectivity index (χ1n) is 20.5. The molecule has 3 aliphatic carbocycles. The van der Waals surface area contributed by atoms with Crippen molar-refractivity contribution in [3.05, 3.63) is 0 Å². The molecule has 9 atom stereocenters. The van der Waals surface area contributed by atoms with Crippen LogP contribution in [-0.4, -0.2) is 113 Å². The molecule has 0 bridgehead atoms. The zero-order valence-electron chi connectivity index (χ0n) is 33.9. The second-order valence-electron chi connectivity index (χ2n) is 16.0. The molecular formula is C41H78O12. The fraction of sp³-hybridized carbons (Fsp3) is 0.927. The van der Waals surface area contributed by atoms with E-state index in [1.807, 2.05) is 0 Å². The lowest BCUT2D eigenvalue weighted by Crippen LogP contribution is -2.43. The SMILES string of the molecule is CC1CO1.CC1CO1.CC1CO1.CCC(COCC1CCCCC1OC(C)=O)(COCC1CCCCC1OC(C)=O)COC1CCCCC1OC(C)=O.[HH].[HH].[HH]. The number of carbonyl (C=O) groups is 3. The first kappa shape index (κ1) is 45.6. The molecule has 3 aliphatic heterocycles. The van der Waals surface area contributed by atoms with Crippen LogP contribution in [0.15, 0.2) is 0 Å². The van der Waals surface area contributed by atoms with Gasteiger partial charge in [0.2, 0.25) is 0 Å². The molecule has 3 saturated carbocycles. The van der Waals surface area contributed by atoms with E-state index >= 15 is 0 Å². The van der Waals surface area contributed by atoms with Crippen molar-refractivity contribution in [1.29, 1.82) is 0 Å². The summed E-state index contributed by atoms with van der Waals surface area (Å²) in [5.41, 5.74) is -0.393. The first-order chi connectivity index (χ1) is 25.4. The molecule has 0 N–H and O–H groups in total. The highest BCUT2D eigenvalue weighted by Gasteiger charge is 2.37. The Kier molecular flexibility index (Phi) is 21.2. The van der Waals surface area contributed by atoms with Crippen LogP contribution in [-0.2, 0) is 57.0 Å².